The number of ketones is 2. The summed E-state index contributed by atoms with van der Waals surface area (Å²) in [6.07, 6.45) is 1.39. The third-order valence-electron chi connectivity index (χ3n) is 2.93. The fourth-order valence-corrected chi connectivity index (χ4v) is 2.15. The highest BCUT2D eigenvalue weighted by molar-refractivity contribution is 6.11. The lowest BCUT2D eigenvalue weighted by molar-refractivity contribution is -0.152. The van der Waals surface area contributed by atoms with E-state index in [1.807, 2.05) is 0 Å². The van der Waals surface area contributed by atoms with Crippen molar-refractivity contribution < 1.29 is 23.5 Å². The van der Waals surface area contributed by atoms with E-state index < -0.39 is 23.6 Å². The van der Waals surface area contributed by atoms with Crippen LogP contribution in [0.1, 0.15) is 24.5 Å². The summed E-state index contributed by atoms with van der Waals surface area (Å²) in [7, 11) is 1.23. The molecular formula is C12H12O5. The molecule has 2 atom stereocenters. The molecule has 17 heavy (non-hydrogen) atoms. The minimum absolute atomic E-state index is 0.138. The zero-order valence-electron chi connectivity index (χ0n) is 9.34. The average Bonchev–Trinajstić information content (AvgIpc) is 2.80. The van der Waals surface area contributed by atoms with Crippen molar-refractivity contribution in [1.29, 1.82) is 0 Å². The summed E-state index contributed by atoms with van der Waals surface area (Å²) in [5, 5.41) is 0. The molecule has 1 aromatic rings. The summed E-state index contributed by atoms with van der Waals surface area (Å²) in [5.74, 6) is -2.16. The van der Waals surface area contributed by atoms with Crippen LogP contribution in [0, 0.1) is 5.92 Å². The number of furan rings is 1. The second-order valence-electron chi connectivity index (χ2n) is 4.01. The second kappa shape index (κ2) is 4.53. The van der Waals surface area contributed by atoms with Gasteiger partial charge in [0.05, 0.1) is 19.8 Å². The SMILES string of the molecule is COC(=O)[C@H]1C(=O)CC(=O)C[C@@H]1c1ccco1. The number of hydrogen-bond acceptors (Lipinski definition) is 5. The molecule has 1 aromatic heterocycles. The van der Waals surface area contributed by atoms with Crippen LogP contribution in [-0.4, -0.2) is 24.6 Å². The van der Waals surface area contributed by atoms with Gasteiger partial charge in [-0.2, -0.15) is 0 Å². The molecule has 5 nitrogen and oxygen atoms in total. The molecule has 0 N–H and O–H groups in total. The van der Waals surface area contributed by atoms with Gasteiger partial charge in [0.2, 0.25) is 0 Å². The molecule has 0 saturated heterocycles. The molecule has 1 fully saturated rings. The average molecular weight is 236 g/mol. The van der Waals surface area contributed by atoms with Crippen molar-refractivity contribution in [2.75, 3.05) is 7.11 Å². The maximum absolute atomic E-state index is 11.7. The maximum Gasteiger partial charge on any atom is 0.316 e. The van der Waals surface area contributed by atoms with Crippen LogP contribution < -0.4 is 0 Å². The van der Waals surface area contributed by atoms with Crippen LogP contribution >= 0.6 is 0 Å². The van der Waals surface area contributed by atoms with Gasteiger partial charge in [0.25, 0.3) is 0 Å². The Bertz CT molecular complexity index is 445. The van der Waals surface area contributed by atoms with Crippen molar-refractivity contribution in [2.45, 2.75) is 18.8 Å². The number of carbonyl (C=O) groups excluding carboxylic acids is 3. The Morgan fingerprint density at radius 2 is 2.24 bits per heavy atom. The number of carbonyl (C=O) groups is 3. The van der Waals surface area contributed by atoms with Crippen LogP contribution in [0.2, 0.25) is 0 Å². The first-order valence-electron chi connectivity index (χ1n) is 5.29. The fraction of sp³-hybridized carbons (Fsp3) is 0.417. The summed E-state index contributed by atoms with van der Waals surface area (Å²) in [6.45, 7) is 0. The predicted octanol–water partition coefficient (Wildman–Crippen LogP) is 1.08. The quantitative estimate of drug-likeness (QED) is 0.567. The van der Waals surface area contributed by atoms with Crippen LogP contribution in [0.4, 0.5) is 0 Å². The molecule has 1 aliphatic carbocycles. The lowest BCUT2D eigenvalue weighted by Gasteiger charge is -2.25. The van der Waals surface area contributed by atoms with E-state index in [1.165, 1.54) is 13.4 Å². The van der Waals surface area contributed by atoms with Crippen LogP contribution in [0.25, 0.3) is 0 Å². The Hall–Kier alpha value is -1.91. The Morgan fingerprint density at radius 1 is 1.47 bits per heavy atom. The molecule has 5 heteroatoms. The van der Waals surface area contributed by atoms with Crippen LogP contribution in [0.3, 0.4) is 0 Å². The lowest BCUT2D eigenvalue weighted by atomic mass is 9.76. The maximum atomic E-state index is 11.7. The fourth-order valence-electron chi connectivity index (χ4n) is 2.15. The number of rotatable bonds is 2. The third-order valence-corrected chi connectivity index (χ3v) is 2.93. The highest BCUT2D eigenvalue weighted by Gasteiger charge is 2.43. The zero-order chi connectivity index (χ0) is 12.4. The van der Waals surface area contributed by atoms with Gasteiger partial charge in [-0.3, -0.25) is 14.4 Å². The molecule has 0 bridgehead atoms. The van der Waals surface area contributed by atoms with Crippen molar-refractivity contribution in [2.24, 2.45) is 5.92 Å². The highest BCUT2D eigenvalue weighted by atomic mass is 16.5. The van der Waals surface area contributed by atoms with E-state index >= 15 is 0 Å². The molecule has 0 unspecified atom stereocenters. The van der Waals surface area contributed by atoms with Crippen molar-refractivity contribution in [3.63, 3.8) is 0 Å². The van der Waals surface area contributed by atoms with Gasteiger partial charge >= 0.3 is 5.97 Å². The molecule has 0 spiro atoms. The van der Waals surface area contributed by atoms with Crippen LogP contribution in [-0.2, 0) is 19.1 Å². The van der Waals surface area contributed by atoms with Gasteiger partial charge in [-0.1, -0.05) is 0 Å². The molecule has 0 radical (unpaired) electrons. The Balaban J connectivity index is 2.34. The summed E-state index contributed by atoms with van der Waals surface area (Å²) in [6, 6.07) is 3.32. The standard InChI is InChI=1S/C12H12O5/c1-16-12(15)11-8(10-3-2-4-17-10)5-7(13)6-9(11)14/h2-4,8,11H,5-6H2,1H3/t8-,11-/m1/s1. The molecule has 1 aliphatic rings. The Morgan fingerprint density at radius 3 is 2.82 bits per heavy atom. The lowest BCUT2D eigenvalue weighted by Crippen LogP contribution is -2.37. The Kier molecular flexibility index (Phi) is 3.08. The number of hydrogen-bond donors (Lipinski definition) is 0. The van der Waals surface area contributed by atoms with Crippen molar-refractivity contribution in [1.82, 2.24) is 0 Å². The Labute approximate surface area is 97.7 Å². The van der Waals surface area contributed by atoms with Gasteiger partial charge in [0, 0.05) is 12.3 Å². The van der Waals surface area contributed by atoms with Gasteiger partial charge in [0.1, 0.15) is 17.5 Å². The van der Waals surface area contributed by atoms with Crippen molar-refractivity contribution in [3.8, 4) is 0 Å². The van der Waals surface area contributed by atoms with Gasteiger partial charge < -0.3 is 9.15 Å². The van der Waals surface area contributed by atoms with E-state index in [0.717, 1.165) is 0 Å². The van der Waals surface area contributed by atoms with Gasteiger partial charge in [0.15, 0.2) is 5.78 Å². The third kappa shape index (κ3) is 2.13. The summed E-state index contributed by atoms with van der Waals surface area (Å²) >= 11 is 0. The van der Waals surface area contributed by atoms with Gasteiger partial charge in [-0.25, -0.2) is 0 Å². The van der Waals surface area contributed by atoms with E-state index in [0.29, 0.717) is 5.76 Å². The molecule has 2 rings (SSSR count). The molecule has 1 heterocycles. The smallest absolute Gasteiger partial charge is 0.316 e. The number of esters is 1. The van der Waals surface area contributed by atoms with Crippen molar-refractivity contribution >= 4 is 17.5 Å². The van der Waals surface area contributed by atoms with Crippen molar-refractivity contribution in [3.05, 3.63) is 24.2 Å². The molecule has 90 valence electrons. The highest BCUT2D eigenvalue weighted by Crippen LogP contribution is 2.35. The molecule has 0 aliphatic heterocycles. The van der Waals surface area contributed by atoms with E-state index in [1.54, 1.807) is 12.1 Å². The largest absolute Gasteiger partial charge is 0.469 e. The molecule has 1 saturated carbocycles. The first-order valence-corrected chi connectivity index (χ1v) is 5.29. The minimum atomic E-state index is -0.927. The monoisotopic (exact) mass is 236 g/mol. The van der Waals surface area contributed by atoms with Crippen LogP contribution in [0.5, 0.6) is 0 Å². The van der Waals surface area contributed by atoms with E-state index in [9.17, 15) is 14.4 Å². The molecular weight excluding hydrogens is 224 g/mol. The topological polar surface area (TPSA) is 73.6 Å². The number of Topliss-reactive ketones (excluding diaryl/α,β-unsaturated/α-hetero) is 2. The van der Waals surface area contributed by atoms with Crippen LogP contribution in [0.15, 0.2) is 22.8 Å². The summed E-state index contributed by atoms with van der Waals surface area (Å²) < 4.78 is 9.79. The van der Waals surface area contributed by atoms with E-state index in [-0.39, 0.29) is 18.6 Å². The van der Waals surface area contributed by atoms with Gasteiger partial charge in [-0.05, 0) is 12.1 Å². The van der Waals surface area contributed by atoms with E-state index in [2.05, 4.69) is 4.74 Å². The number of methoxy groups -OCH3 is 1. The summed E-state index contributed by atoms with van der Waals surface area (Å²) in [5.41, 5.74) is 0. The van der Waals surface area contributed by atoms with Gasteiger partial charge in [-0.15, -0.1) is 0 Å². The van der Waals surface area contributed by atoms with E-state index in [4.69, 9.17) is 4.42 Å². The second-order valence-corrected chi connectivity index (χ2v) is 4.01. The first-order chi connectivity index (χ1) is 8.13. The minimum Gasteiger partial charge on any atom is -0.469 e. The number of ether oxygens (including phenoxy) is 1. The normalized spacial score (nSPS) is 24.8. The first kappa shape index (κ1) is 11.6. The molecule has 0 amide bonds. The molecule has 0 aromatic carbocycles. The predicted molar refractivity (Wildman–Crippen MR) is 56.2 cm³/mol. The summed E-state index contributed by atoms with van der Waals surface area (Å²) in [4.78, 5) is 34.8. The zero-order valence-corrected chi connectivity index (χ0v) is 9.34.